The highest BCUT2D eigenvalue weighted by molar-refractivity contribution is 6.34. The number of hydrogen-bond acceptors (Lipinski definition) is 3. The van der Waals surface area contributed by atoms with Gasteiger partial charge in [0.25, 0.3) is 0 Å². The SMILES string of the molecule is O=C(c1cnn(-c2ccccc2)n1)c1cc(F)ccc1Cl. The minimum atomic E-state index is -0.529. The molecule has 1 aromatic heterocycles. The lowest BCUT2D eigenvalue weighted by Gasteiger charge is -2.01. The second kappa shape index (κ2) is 5.46. The van der Waals surface area contributed by atoms with Gasteiger partial charge in [-0.15, -0.1) is 5.10 Å². The molecule has 2 aromatic carbocycles. The van der Waals surface area contributed by atoms with E-state index in [1.807, 2.05) is 30.3 Å². The van der Waals surface area contributed by atoms with Crippen LogP contribution in [0, 0.1) is 5.82 Å². The van der Waals surface area contributed by atoms with Gasteiger partial charge in [-0.1, -0.05) is 29.8 Å². The first-order valence-corrected chi connectivity index (χ1v) is 6.50. The van der Waals surface area contributed by atoms with Gasteiger partial charge in [-0.3, -0.25) is 4.79 Å². The number of para-hydroxylation sites is 1. The molecule has 3 rings (SSSR count). The number of aromatic nitrogens is 3. The fourth-order valence-electron chi connectivity index (χ4n) is 1.86. The van der Waals surface area contributed by atoms with Crippen molar-refractivity contribution in [3.8, 4) is 5.69 Å². The maximum absolute atomic E-state index is 13.2. The zero-order valence-corrected chi connectivity index (χ0v) is 11.5. The van der Waals surface area contributed by atoms with Crippen LogP contribution in [0.25, 0.3) is 5.69 Å². The van der Waals surface area contributed by atoms with Crippen molar-refractivity contribution in [1.29, 1.82) is 0 Å². The summed E-state index contributed by atoms with van der Waals surface area (Å²) < 4.78 is 13.2. The van der Waals surface area contributed by atoms with E-state index in [0.29, 0.717) is 0 Å². The van der Waals surface area contributed by atoms with Crippen molar-refractivity contribution in [1.82, 2.24) is 15.0 Å². The fraction of sp³-hybridized carbons (Fsp3) is 0. The van der Waals surface area contributed by atoms with E-state index in [1.165, 1.54) is 23.1 Å². The predicted molar refractivity (Wildman–Crippen MR) is 76.2 cm³/mol. The van der Waals surface area contributed by atoms with Crippen LogP contribution in [0.1, 0.15) is 16.1 Å². The average Bonchev–Trinajstić information content (AvgIpc) is 3.00. The van der Waals surface area contributed by atoms with Gasteiger partial charge >= 0.3 is 0 Å². The van der Waals surface area contributed by atoms with Crippen molar-refractivity contribution in [3.05, 3.63) is 76.8 Å². The number of carbonyl (C=O) groups excluding carboxylic acids is 1. The van der Waals surface area contributed by atoms with E-state index in [-0.39, 0.29) is 16.3 Å². The van der Waals surface area contributed by atoms with Gasteiger partial charge in [-0.25, -0.2) is 4.39 Å². The Labute approximate surface area is 124 Å². The molecule has 21 heavy (non-hydrogen) atoms. The van der Waals surface area contributed by atoms with Crippen molar-refractivity contribution in [3.63, 3.8) is 0 Å². The molecule has 0 aliphatic rings. The molecule has 6 heteroatoms. The van der Waals surface area contributed by atoms with Crippen LogP contribution in [0.2, 0.25) is 5.02 Å². The van der Waals surface area contributed by atoms with Gasteiger partial charge in [0.15, 0.2) is 5.69 Å². The lowest BCUT2D eigenvalue weighted by atomic mass is 10.1. The van der Waals surface area contributed by atoms with Crippen LogP contribution >= 0.6 is 11.6 Å². The van der Waals surface area contributed by atoms with Crippen LogP contribution in [0.4, 0.5) is 4.39 Å². The highest BCUT2D eigenvalue weighted by atomic mass is 35.5. The Morgan fingerprint density at radius 3 is 2.67 bits per heavy atom. The van der Waals surface area contributed by atoms with Crippen molar-refractivity contribution < 1.29 is 9.18 Å². The quantitative estimate of drug-likeness (QED) is 0.697. The minimum absolute atomic E-state index is 0.0665. The molecular formula is C15H9ClFN3O. The molecule has 0 saturated heterocycles. The molecule has 0 fully saturated rings. The number of rotatable bonds is 3. The first-order valence-electron chi connectivity index (χ1n) is 6.12. The van der Waals surface area contributed by atoms with Crippen LogP contribution in [0.5, 0.6) is 0 Å². The molecule has 0 radical (unpaired) electrons. The van der Waals surface area contributed by atoms with Crippen molar-refractivity contribution in [2.24, 2.45) is 0 Å². The fourth-order valence-corrected chi connectivity index (χ4v) is 2.07. The molecule has 0 saturated carbocycles. The molecular weight excluding hydrogens is 293 g/mol. The molecule has 0 amide bonds. The summed E-state index contributed by atoms with van der Waals surface area (Å²) >= 11 is 5.92. The van der Waals surface area contributed by atoms with Gasteiger partial charge in [-0.05, 0) is 30.3 Å². The smallest absolute Gasteiger partial charge is 0.216 e. The van der Waals surface area contributed by atoms with Crippen LogP contribution in [0.3, 0.4) is 0 Å². The molecule has 3 aromatic rings. The number of hydrogen-bond donors (Lipinski definition) is 0. The molecule has 0 atom stereocenters. The maximum Gasteiger partial charge on any atom is 0.216 e. The van der Waals surface area contributed by atoms with E-state index in [4.69, 9.17) is 11.6 Å². The number of benzene rings is 2. The molecule has 0 bridgehead atoms. The predicted octanol–water partition coefficient (Wildman–Crippen LogP) is 3.29. The molecule has 0 unspecified atom stereocenters. The first-order chi connectivity index (χ1) is 10.1. The summed E-state index contributed by atoms with van der Waals surface area (Å²) in [6, 6.07) is 12.8. The summed E-state index contributed by atoms with van der Waals surface area (Å²) in [5, 5.41) is 8.31. The molecule has 0 aliphatic carbocycles. The molecule has 0 N–H and O–H groups in total. The van der Waals surface area contributed by atoms with E-state index < -0.39 is 11.6 Å². The zero-order valence-electron chi connectivity index (χ0n) is 10.7. The summed E-state index contributed by atoms with van der Waals surface area (Å²) in [5.41, 5.74) is 0.894. The molecule has 0 spiro atoms. The van der Waals surface area contributed by atoms with Crippen LogP contribution in [0.15, 0.2) is 54.7 Å². The second-order valence-electron chi connectivity index (χ2n) is 4.31. The van der Waals surface area contributed by atoms with Gasteiger partial charge < -0.3 is 0 Å². The minimum Gasteiger partial charge on any atom is -0.287 e. The van der Waals surface area contributed by atoms with Gasteiger partial charge in [0.05, 0.1) is 16.9 Å². The number of halogens is 2. The number of carbonyl (C=O) groups is 1. The third-order valence-electron chi connectivity index (χ3n) is 2.88. The highest BCUT2D eigenvalue weighted by Crippen LogP contribution is 2.20. The highest BCUT2D eigenvalue weighted by Gasteiger charge is 2.17. The largest absolute Gasteiger partial charge is 0.287 e. The topological polar surface area (TPSA) is 47.8 Å². The summed E-state index contributed by atoms with van der Waals surface area (Å²) in [6.45, 7) is 0. The monoisotopic (exact) mass is 301 g/mol. The van der Waals surface area contributed by atoms with E-state index in [0.717, 1.165) is 11.8 Å². The first kappa shape index (κ1) is 13.5. The normalized spacial score (nSPS) is 10.6. The molecule has 0 aliphatic heterocycles. The van der Waals surface area contributed by atoms with E-state index in [1.54, 1.807) is 0 Å². The molecule has 1 heterocycles. The van der Waals surface area contributed by atoms with E-state index in [9.17, 15) is 9.18 Å². The van der Waals surface area contributed by atoms with Crippen molar-refractivity contribution in [2.75, 3.05) is 0 Å². The second-order valence-corrected chi connectivity index (χ2v) is 4.72. The Hall–Kier alpha value is -2.53. The van der Waals surface area contributed by atoms with Crippen molar-refractivity contribution in [2.45, 2.75) is 0 Å². The number of nitrogens with zero attached hydrogens (tertiary/aromatic N) is 3. The number of ketones is 1. The molecule has 104 valence electrons. The van der Waals surface area contributed by atoms with Crippen LogP contribution in [-0.4, -0.2) is 20.8 Å². The summed E-state index contributed by atoms with van der Waals surface area (Å²) in [4.78, 5) is 13.6. The Bertz CT molecular complexity index is 802. The van der Waals surface area contributed by atoms with Gasteiger partial charge in [0, 0.05) is 5.56 Å². The Balaban J connectivity index is 1.96. The Kier molecular flexibility index (Phi) is 3.50. The maximum atomic E-state index is 13.2. The van der Waals surface area contributed by atoms with E-state index in [2.05, 4.69) is 10.2 Å². The lowest BCUT2D eigenvalue weighted by molar-refractivity contribution is 0.103. The van der Waals surface area contributed by atoms with Crippen molar-refractivity contribution >= 4 is 17.4 Å². The lowest BCUT2D eigenvalue weighted by Crippen LogP contribution is -2.05. The van der Waals surface area contributed by atoms with Gasteiger partial charge in [-0.2, -0.15) is 9.90 Å². The van der Waals surface area contributed by atoms with Crippen LogP contribution in [-0.2, 0) is 0 Å². The summed E-state index contributed by atoms with van der Waals surface area (Å²) in [5.74, 6) is -1.00. The summed E-state index contributed by atoms with van der Waals surface area (Å²) in [7, 11) is 0. The third-order valence-corrected chi connectivity index (χ3v) is 3.21. The third kappa shape index (κ3) is 2.68. The zero-order chi connectivity index (χ0) is 14.8. The summed E-state index contributed by atoms with van der Waals surface area (Å²) in [6.07, 6.45) is 1.33. The standard InChI is InChI=1S/C15H9ClFN3O/c16-13-7-6-10(17)8-12(13)15(21)14-9-18-20(19-14)11-4-2-1-3-5-11/h1-9H. The average molecular weight is 302 g/mol. The van der Waals surface area contributed by atoms with Gasteiger partial charge in [0.2, 0.25) is 5.78 Å². The Morgan fingerprint density at radius 1 is 1.14 bits per heavy atom. The van der Waals surface area contributed by atoms with E-state index >= 15 is 0 Å². The van der Waals surface area contributed by atoms with Gasteiger partial charge in [0.1, 0.15) is 5.82 Å². The Morgan fingerprint density at radius 2 is 1.90 bits per heavy atom. The molecule has 4 nitrogen and oxygen atoms in total. The van der Waals surface area contributed by atoms with Crippen LogP contribution < -0.4 is 0 Å².